The van der Waals surface area contributed by atoms with Gasteiger partial charge in [0.2, 0.25) is 0 Å². The molecule has 1 aromatic rings. The molecule has 2 rings (SSSR count). The number of anilines is 1. The number of nitrogens with one attached hydrogen (secondary N) is 3. The molecule has 1 saturated heterocycles. The Balaban J connectivity index is 0.00000544. The van der Waals surface area contributed by atoms with Gasteiger partial charge in [0, 0.05) is 45.0 Å². The number of para-hydroxylation sites is 1. The maximum Gasteiger partial charge on any atom is 0.407 e. The number of aliphatic imine (C=N–C) groups is 1. The Morgan fingerprint density at radius 2 is 1.91 bits per heavy atom. The number of alkyl carbamates (subject to hydrolysis) is 1. The van der Waals surface area contributed by atoms with Gasteiger partial charge >= 0.3 is 6.09 Å². The van der Waals surface area contributed by atoms with Gasteiger partial charge in [-0.1, -0.05) is 38.0 Å². The molecule has 1 unspecified atom stereocenters. The van der Waals surface area contributed by atoms with Crippen LogP contribution in [0.4, 0.5) is 10.5 Å². The number of hydrogen-bond donors (Lipinski definition) is 3. The minimum atomic E-state index is -0.512. The van der Waals surface area contributed by atoms with E-state index in [9.17, 15) is 4.79 Å². The van der Waals surface area contributed by atoms with E-state index in [1.165, 1.54) is 11.3 Å². The molecule has 1 aliphatic rings. The fraction of sp³-hybridized carbons (Fsp3) is 0.667. The number of ether oxygens (including phenoxy) is 2. The molecule has 188 valence electrons. The second kappa shape index (κ2) is 15.2. The van der Waals surface area contributed by atoms with Crippen molar-refractivity contribution in [3.63, 3.8) is 0 Å². The maximum absolute atomic E-state index is 12.1. The Morgan fingerprint density at radius 3 is 2.55 bits per heavy atom. The Morgan fingerprint density at radius 1 is 1.21 bits per heavy atom. The Bertz CT molecular complexity index is 733. The lowest BCUT2D eigenvalue weighted by atomic mass is 10.1. The Hall–Kier alpha value is -1.75. The van der Waals surface area contributed by atoms with E-state index in [0.29, 0.717) is 19.0 Å². The van der Waals surface area contributed by atoms with Gasteiger partial charge in [0.05, 0.1) is 13.2 Å². The van der Waals surface area contributed by atoms with E-state index < -0.39 is 11.7 Å². The molecule has 1 aromatic carbocycles. The number of carbonyl (C=O) groups is 1. The maximum atomic E-state index is 12.1. The summed E-state index contributed by atoms with van der Waals surface area (Å²) in [7, 11) is 1.77. The minimum Gasteiger partial charge on any atom is -0.444 e. The van der Waals surface area contributed by atoms with Gasteiger partial charge in [-0.25, -0.2) is 4.79 Å². The Labute approximate surface area is 216 Å². The molecule has 1 amide bonds. The first-order valence-electron chi connectivity index (χ1n) is 11.7. The van der Waals surface area contributed by atoms with Crippen molar-refractivity contribution >= 4 is 41.7 Å². The van der Waals surface area contributed by atoms with Crippen LogP contribution in [0.2, 0.25) is 0 Å². The van der Waals surface area contributed by atoms with Crippen LogP contribution in [0.15, 0.2) is 29.3 Å². The van der Waals surface area contributed by atoms with Crippen molar-refractivity contribution in [3.05, 3.63) is 29.8 Å². The molecule has 0 radical (unpaired) electrons. The second-order valence-electron chi connectivity index (χ2n) is 9.02. The summed E-state index contributed by atoms with van der Waals surface area (Å²) in [4.78, 5) is 18.8. The van der Waals surface area contributed by atoms with Crippen LogP contribution in [0.5, 0.6) is 0 Å². The van der Waals surface area contributed by atoms with Crippen LogP contribution >= 0.6 is 24.0 Å². The molecule has 0 aliphatic carbocycles. The first kappa shape index (κ1) is 29.3. The third-order valence-electron chi connectivity index (χ3n) is 5.15. The first-order valence-corrected chi connectivity index (χ1v) is 11.7. The van der Waals surface area contributed by atoms with Gasteiger partial charge in [0.15, 0.2) is 5.96 Å². The van der Waals surface area contributed by atoms with Crippen molar-refractivity contribution < 1.29 is 14.3 Å². The second-order valence-corrected chi connectivity index (χ2v) is 9.02. The van der Waals surface area contributed by atoms with Gasteiger partial charge in [-0.3, -0.25) is 4.99 Å². The summed E-state index contributed by atoms with van der Waals surface area (Å²) in [6.45, 7) is 12.2. The van der Waals surface area contributed by atoms with E-state index in [1.54, 1.807) is 7.05 Å². The monoisotopic (exact) mass is 575 g/mol. The molecule has 33 heavy (non-hydrogen) atoms. The smallest absolute Gasteiger partial charge is 0.407 e. The lowest BCUT2D eigenvalue weighted by Gasteiger charge is -2.31. The number of amides is 1. The number of hydrogen-bond acceptors (Lipinski definition) is 5. The summed E-state index contributed by atoms with van der Waals surface area (Å²) < 4.78 is 10.9. The molecule has 0 aromatic heterocycles. The topological polar surface area (TPSA) is 87.2 Å². The minimum absolute atomic E-state index is 0. The van der Waals surface area contributed by atoms with Crippen LogP contribution in [-0.4, -0.2) is 63.6 Å². The van der Waals surface area contributed by atoms with Gasteiger partial charge in [0.1, 0.15) is 5.60 Å². The van der Waals surface area contributed by atoms with Crippen LogP contribution in [-0.2, 0) is 16.0 Å². The lowest BCUT2D eigenvalue weighted by Crippen LogP contribution is -2.49. The fourth-order valence-electron chi connectivity index (χ4n) is 3.54. The largest absolute Gasteiger partial charge is 0.444 e. The van der Waals surface area contributed by atoms with Gasteiger partial charge in [-0.15, -0.1) is 24.0 Å². The predicted octanol–water partition coefficient (Wildman–Crippen LogP) is 3.89. The number of benzene rings is 1. The summed E-state index contributed by atoms with van der Waals surface area (Å²) in [5.41, 5.74) is 1.93. The van der Waals surface area contributed by atoms with Crippen molar-refractivity contribution in [2.45, 2.75) is 65.1 Å². The molecular formula is C24H42IN5O3. The van der Waals surface area contributed by atoms with Crippen molar-refractivity contribution in [2.75, 3.05) is 44.8 Å². The average Bonchev–Trinajstić information content (AvgIpc) is 2.77. The van der Waals surface area contributed by atoms with Crippen LogP contribution in [0.25, 0.3) is 0 Å². The molecule has 8 nitrogen and oxygen atoms in total. The number of morpholine rings is 1. The van der Waals surface area contributed by atoms with Gasteiger partial charge in [-0.05, 0) is 38.8 Å². The van der Waals surface area contributed by atoms with E-state index in [2.05, 4.69) is 57.0 Å². The van der Waals surface area contributed by atoms with E-state index in [4.69, 9.17) is 9.47 Å². The number of nitrogens with zero attached hydrogens (tertiary/aromatic N) is 2. The average molecular weight is 576 g/mol. The van der Waals surface area contributed by atoms with Crippen molar-refractivity contribution in [1.29, 1.82) is 0 Å². The predicted molar refractivity (Wildman–Crippen MR) is 146 cm³/mol. The SMILES string of the molecule is CCCCC(CNC(=O)OC(C)(C)C)NC(=NC)NCc1ccccc1N1CCOCC1.I. The molecule has 0 spiro atoms. The van der Waals surface area contributed by atoms with Crippen molar-refractivity contribution in [1.82, 2.24) is 16.0 Å². The molecule has 9 heteroatoms. The first-order chi connectivity index (χ1) is 15.3. The van der Waals surface area contributed by atoms with E-state index in [1.807, 2.05) is 20.8 Å². The highest BCUT2D eigenvalue weighted by molar-refractivity contribution is 14.0. The zero-order valence-electron chi connectivity index (χ0n) is 20.8. The highest BCUT2D eigenvalue weighted by Crippen LogP contribution is 2.21. The summed E-state index contributed by atoms with van der Waals surface area (Å²) in [5.74, 6) is 0.717. The number of unbranched alkanes of at least 4 members (excludes halogenated alkanes) is 1. The zero-order chi connectivity index (χ0) is 23.4. The van der Waals surface area contributed by atoms with Gasteiger partial charge in [0.25, 0.3) is 0 Å². The molecule has 3 N–H and O–H groups in total. The van der Waals surface area contributed by atoms with E-state index in [-0.39, 0.29) is 30.0 Å². The number of guanidine groups is 1. The summed E-state index contributed by atoms with van der Waals surface area (Å²) in [6.07, 6.45) is 2.68. The van der Waals surface area contributed by atoms with E-state index in [0.717, 1.165) is 45.6 Å². The number of carbonyl (C=O) groups excluding carboxylic acids is 1. The molecule has 1 atom stereocenters. The van der Waals surface area contributed by atoms with Crippen LogP contribution in [0.3, 0.4) is 0 Å². The normalized spacial score (nSPS) is 15.3. The zero-order valence-corrected chi connectivity index (χ0v) is 23.1. The molecule has 1 heterocycles. The summed E-state index contributed by atoms with van der Waals surface area (Å²) in [5, 5.41) is 9.77. The highest BCUT2D eigenvalue weighted by atomic mass is 127. The van der Waals surface area contributed by atoms with Crippen molar-refractivity contribution in [2.24, 2.45) is 4.99 Å². The quantitative estimate of drug-likeness (QED) is 0.236. The van der Waals surface area contributed by atoms with Crippen LogP contribution in [0.1, 0.15) is 52.5 Å². The Kier molecular flexibility index (Phi) is 13.5. The van der Waals surface area contributed by atoms with Gasteiger partial charge < -0.3 is 30.3 Å². The summed E-state index contributed by atoms with van der Waals surface area (Å²) >= 11 is 0. The summed E-state index contributed by atoms with van der Waals surface area (Å²) in [6, 6.07) is 8.50. The standard InChI is InChI=1S/C24H41N5O3.HI/c1-6-7-11-20(18-27-23(30)32-24(2,3)4)28-22(25-5)26-17-19-10-8-9-12-21(19)29-13-15-31-16-14-29;/h8-10,12,20H,6-7,11,13-18H2,1-5H3,(H,27,30)(H2,25,26,28);1H. The molecule has 0 bridgehead atoms. The third-order valence-corrected chi connectivity index (χ3v) is 5.15. The number of rotatable bonds is 9. The van der Waals surface area contributed by atoms with Crippen LogP contribution < -0.4 is 20.9 Å². The fourth-order valence-corrected chi connectivity index (χ4v) is 3.54. The third kappa shape index (κ3) is 11.3. The molecule has 0 saturated carbocycles. The molecule has 1 aliphatic heterocycles. The highest BCUT2D eigenvalue weighted by Gasteiger charge is 2.19. The molecular weight excluding hydrogens is 533 g/mol. The van der Waals surface area contributed by atoms with Crippen molar-refractivity contribution in [3.8, 4) is 0 Å². The number of halogens is 1. The van der Waals surface area contributed by atoms with E-state index >= 15 is 0 Å². The van der Waals surface area contributed by atoms with Crippen LogP contribution in [0, 0.1) is 0 Å². The van der Waals surface area contributed by atoms with Gasteiger partial charge in [-0.2, -0.15) is 0 Å². The molecule has 1 fully saturated rings. The lowest BCUT2D eigenvalue weighted by molar-refractivity contribution is 0.0522.